The summed E-state index contributed by atoms with van der Waals surface area (Å²) in [6, 6.07) is 5.83. The second kappa shape index (κ2) is 5.72. The Balaban J connectivity index is 2.27. The molecule has 2 atom stereocenters. The number of hydrogen-bond donors (Lipinski definition) is 1. The molecule has 0 saturated carbocycles. The Labute approximate surface area is 122 Å². The Morgan fingerprint density at radius 3 is 2.55 bits per heavy atom. The van der Waals surface area contributed by atoms with Crippen molar-refractivity contribution in [2.24, 2.45) is 5.92 Å². The van der Waals surface area contributed by atoms with Crippen LogP contribution in [0, 0.1) is 11.7 Å². The first kappa shape index (κ1) is 15.3. The standard InChI is InChI=1S/C17H27FN2/c1-12-9-13(2)20(11-12)16-14(7-6-8-15(16)18)10-19-17(3,4)5/h6-8,12-13,19H,9-11H2,1-5H3. The molecule has 0 spiro atoms. The van der Waals surface area contributed by atoms with E-state index in [1.54, 1.807) is 6.07 Å². The van der Waals surface area contributed by atoms with E-state index in [0.29, 0.717) is 18.5 Å². The number of hydrogen-bond acceptors (Lipinski definition) is 2. The fourth-order valence-electron chi connectivity index (χ4n) is 3.00. The highest BCUT2D eigenvalue weighted by Crippen LogP contribution is 2.33. The second-order valence-electron chi connectivity index (χ2n) is 7.19. The first-order valence-corrected chi connectivity index (χ1v) is 7.57. The number of benzene rings is 1. The number of anilines is 1. The molecule has 1 aromatic rings. The zero-order chi connectivity index (χ0) is 14.9. The Morgan fingerprint density at radius 2 is 2.00 bits per heavy atom. The highest BCUT2D eigenvalue weighted by Gasteiger charge is 2.29. The van der Waals surface area contributed by atoms with E-state index in [0.717, 1.165) is 24.2 Å². The van der Waals surface area contributed by atoms with Crippen molar-refractivity contribution in [1.82, 2.24) is 5.32 Å². The number of para-hydroxylation sites is 1. The van der Waals surface area contributed by atoms with E-state index in [-0.39, 0.29) is 11.4 Å². The van der Waals surface area contributed by atoms with Crippen molar-refractivity contribution in [1.29, 1.82) is 0 Å². The molecular weight excluding hydrogens is 251 g/mol. The predicted molar refractivity (Wildman–Crippen MR) is 83.6 cm³/mol. The van der Waals surface area contributed by atoms with Crippen LogP contribution < -0.4 is 10.2 Å². The summed E-state index contributed by atoms with van der Waals surface area (Å²) in [7, 11) is 0. The summed E-state index contributed by atoms with van der Waals surface area (Å²) in [6.45, 7) is 12.5. The molecule has 112 valence electrons. The molecular formula is C17H27FN2. The average molecular weight is 278 g/mol. The van der Waals surface area contributed by atoms with Crippen LogP contribution in [0.25, 0.3) is 0 Å². The van der Waals surface area contributed by atoms with Crippen LogP contribution in [0.15, 0.2) is 18.2 Å². The van der Waals surface area contributed by atoms with Crippen molar-refractivity contribution in [3.63, 3.8) is 0 Å². The minimum atomic E-state index is -0.0980. The van der Waals surface area contributed by atoms with E-state index >= 15 is 0 Å². The lowest BCUT2D eigenvalue weighted by atomic mass is 10.1. The predicted octanol–water partition coefficient (Wildman–Crippen LogP) is 3.95. The van der Waals surface area contributed by atoms with E-state index in [1.165, 1.54) is 0 Å². The molecule has 2 unspecified atom stereocenters. The van der Waals surface area contributed by atoms with Crippen LogP contribution in [0.5, 0.6) is 0 Å². The molecule has 1 aliphatic heterocycles. The van der Waals surface area contributed by atoms with Crippen LogP contribution in [0.3, 0.4) is 0 Å². The van der Waals surface area contributed by atoms with Gasteiger partial charge in [0.05, 0.1) is 5.69 Å². The normalized spacial score (nSPS) is 23.4. The molecule has 1 fully saturated rings. The third-order valence-electron chi connectivity index (χ3n) is 3.95. The Bertz CT molecular complexity index is 465. The number of nitrogens with one attached hydrogen (secondary N) is 1. The van der Waals surface area contributed by atoms with Crippen LogP contribution >= 0.6 is 0 Å². The first-order chi connectivity index (χ1) is 9.28. The van der Waals surface area contributed by atoms with Crippen LogP contribution in [0.1, 0.15) is 46.6 Å². The van der Waals surface area contributed by atoms with E-state index in [2.05, 4.69) is 44.8 Å². The monoisotopic (exact) mass is 278 g/mol. The van der Waals surface area contributed by atoms with Crippen molar-refractivity contribution in [2.75, 3.05) is 11.4 Å². The van der Waals surface area contributed by atoms with Gasteiger partial charge in [0.25, 0.3) is 0 Å². The van der Waals surface area contributed by atoms with Crippen LogP contribution in [0.4, 0.5) is 10.1 Å². The van der Waals surface area contributed by atoms with Gasteiger partial charge in [0.15, 0.2) is 0 Å². The smallest absolute Gasteiger partial charge is 0.146 e. The van der Waals surface area contributed by atoms with Crippen molar-refractivity contribution in [3.8, 4) is 0 Å². The summed E-state index contributed by atoms with van der Waals surface area (Å²) in [4.78, 5) is 2.24. The molecule has 1 N–H and O–H groups in total. The Morgan fingerprint density at radius 1 is 1.30 bits per heavy atom. The van der Waals surface area contributed by atoms with E-state index in [1.807, 2.05) is 12.1 Å². The highest BCUT2D eigenvalue weighted by atomic mass is 19.1. The molecule has 0 aromatic heterocycles. The lowest BCUT2D eigenvalue weighted by molar-refractivity contribution is 0.423. The van der Waals surface area contributed by atoms with Crippen molar-refractivity contribution in [3.05, 3.63) is 29.6 Å². The maximum absolute atomic E-state index is 14.4. The van der Waals surface area contributed by atoms with Gasteiger partial charge in [-0.1, -0.05) is 19.1 Å². The second-order valence-corrected chi connectivity index (χ2v) is 7.19. The summed E-state index contributed by atoms with van der Waals surface area (Å²) < 4.78 is 14.4. The van der Waals surface area contributed by atoms with Crippen LogP contribution in [0.2, 0.25) is 0 Å². The van der Waals surface area contributed by atoms with Crippen molar-refractivity contribution < 1.29 is 4.39 Å². The lowest BCUT2D eigenvalue weighted by Crippen LogP contribution is -2.36. The van der Waals surface area contributed by atoms with Gasteiger partial charge in [0.2, 0.25) is 0 Å². The minimum Gasteiger partial charge on any atom is -0.366 e. The number of nitrogens with zero attached hydrogens (tertiary/aromatic N) is 1. The van der Waals surface area contributed by atoms with Crippen molar-refractivity contribution in [2.45, 2.75) is 59.2 Å². The SMILES string of the molecule is CC1CC(C)N(c2c(F)cccc2CNC(C)(C)C)C1. The lowest BCUT2D eigenvalue weighted by Gasteiger charge is -2.28. The quantitative estimate of drug-likeness (QED) is 0.900. The van der Waals surface area contributed by atoms with Gasteiger partial charge in [-0.25, -0.2) is 4.39 Å². The summed E-state index contributed by atoms with van der Waals surface area (Å²) in [5.41, 5.74) is 1.88. The first-order valence-electron chi connectivity index (χ1n) is 7.57. The molecule has 3 heteroatoms. The Hall–Kier alpha value is -1.09. The van der Waals surface area contributed by atoms with Gasteiger partial charge in [-0.15, -0.1) is 0 Å². The third-order valence-corrected chi connectivity index (χ3v) is 3.95. The maximum atomic E-state index is 14.4. The molecule has 0 radical (unpaired) electrons. The zero-order valence-electron chi connectivity index (χ0n) is 13.3. The fourth-order valence-corrected chi connectivity index (χ4v) is 3.00. The summed E-state index contributed by atoms with van der Waals surface area (Å²) in [5, 5.41) is 3.46. The Kier molecular flexibility index (Phi) is 4.38. The fraction of sp³-hybridized carbons (Fsp3) is 0.647. The van der Waals surface area contributed by atoms with Crippen molar-refractivity contribution >= 4 is 5.69 Å². The average Bonchev–Trinajstić information content (AvgIpc) is 2.64. The topological polar surface area (TPSA) is 15.3 Å². The molecule has 2 rings (SSSR count). The molecule has 20 heavy (non-hydrogen) atoms. The highest BCUT2D eigenvalue weighted by molar-refractivity contribution is 5.56. The minimum absolute atomic E-state index is 0.0352. The van der Waals surface area contributed by atoms with E-state index < -0.39 is 0 Å². The molecule has 1 aromatic carbocycles. The summed E-state index contributed by atoms with van der Waals surface area (Å²) >= 11 is 0. The van der Waals surface area contributed by atoms with Gasteiger partial charge in [-0.2, -0.15) is 0 Å². The zero-order valence-corrected chi connectivity index (χ0v) is 13.3. The van der Waals surface area contributed by atoms with Crippen LogP contribution in [-0.4, -0.2) is 18.1 Å². The number of rotatable bonds is 3. The van der Waals surface area contributed by atoms with Gasteiger partial charge in [0, 0.05) is 24.7 Å². The van der Waals surface area contributed by atoms with Gasteiger partial charge in [-0.3, -0.25) is 0 Å². The van der Waals surface area contributed by atoms with Gasteiger partial charge >= 0.3 is 0 Å². The largest absolute Gasteiger partial charge is 0.366 e. The molecule has 1 heterocycles. The number of halogens is 1. The maximum Gasteiger partial charge on any atom is 0.146 e. The van der Waals surface area contributed by atoms with E-state index in [9.17, 15) is 4.39 Å². The molecule has 1 saturated heterocycles. The van der Waals surface area contributed by atoms with Gasteiger partial charge in [0.1, 0.15) is 5.82 Å². The molecule has 0 amide bonds. The summed E-state index contributed by atoms with van der Waals surface area (Å²) in [6.07, 6.45) is 1.14. The summed E-state index contributed by atoms with van der Waals surface area (Å²) in [5.74, 6) is 0.534. The molecule has 0 bridgehead atoms. The molecule has 2 nitrogen and oxygen atoms in total. The third kappa shape index (κ3) is 3.51. The molecule has 0 aliphatic carbocycles. The van der Waals surface area contributed by atoms with Gasteiger partial charge < -0.3 is 10.2 Å². The van der Waals surface area contributed by atoms with E-state index in [4.69, 9.17) is 0 Å². The van der Waals surface area contributed by atoms with Gasteiger partial charge in [-0.05, 0) is 51.7 Å². The molecule has 1 aliphatic rings. The van der Waals surface area contributed by atoms with Crippen LogP contribution in [-0.2, 0) is 6.54 Å².